The predicted molar refractivity (Wildman–Crippen MR) is 83.7 cm³/mol. The summed E-state index contributed by atoms with van der Waals surface area (Å²) >= 11 is 0. The van der Waals surface area contributed by atoms with Gasteiger partial charge in [-0.15, -0.1) is 0 Å². The fourth-order valence-electron chi connectivity index (χ4n) is 2.70. The Balaban J connectivity index is 3.32. The zero-order valence-corrected chi connectivity index (χ0v) is 14.4. The Morgan fingerprint density at radius 2 is 1.50 bits per heavy atom. The number of rotatable bonds is 6. The van der Waals surface area contributed by atoms with Crippen LogP contribution >= 0.6 is 7.71 Å². The molecule has 0 aromatic heterocycles. The van der Waals surface area contributed by atoms with Gasteiger partial charge in [-0.05, 0) is 17.7 Å². The fraction of sp³-hybridized carbons (Fsp3) is 0.571. The van der Waals surface area contributed by atoms with Crippen molar-refractivity contribution in [3.05, 3.63) is 29.8 Å². The highest BCUT2D eigenvalue weighted by atomic mass is 31.2. The molecule has 0 saturated carbocycles. The number of hydrogen-bond donors (Lipinski definition) is 0. The molecule has 1 rings (SSSR count). The summed E-state index contributed by atoms with van der Waals surface area (Å²) in [5.41, 5.74) is 0.758. The van der Waals surface area contributed by atoms with Crippen LogP contribution in [0, 0.1) is 0 Å². The lowest BCUT2D eigenvalue weighted by atomic mass is 10.2. The van der Waals surface area contributed by atoms with Crippen LogP contribution in [0.1, 0.15) is 11.4 Å². The van der Waals surface area contributed by atoms with Crippen molar-refractivity contribution in [1.82, 2.24) is 14.0 Å². The SMILES string of the molecule is COc1cccc(C([O-])[P+](N(C)C)(N(C)C)N(C)C)c1. The number of methoxy groups -OCH3 is 1. The monoisotopic (exact) mass is 299 g/mol. The van der Waals surface area contributed by atoms with Crippen molar-refractivity contribution in [2.24, 2.45) is 0 Å². The summed E-state index contributed by atoms with van der Waals surface area (Å²) < 4.78 is 11.4. The molecule has 114 valence electrons. The molecule has 0 radical (unpaired) electrons. The van der Waals surface area contributed by atoms with Gasteiger partial charge in [0.05, 0.1) is 13.0 Å². The maximum absolute atomic E-state index is 13.2. The molecular formula is C14H26N3O2P. The van der Waals surface area contributed by atoms with Crippen LogP contribution in [0.2, 0.25) is 0 Å². The van der Waals surface area contributed by atoms with Gasteiger partial charge in [0.15, 0.2) is 0 Å². The highest BCUT2D eigenvalue weighted by molar-refractivity contribution is 7.69. The summed E-state index contributed by atoms with van der Waals surface area (Å²) in [5.74, 6) is -0.129. The van der Waals surface area contributed by atoms with Gasteiger partial charge >= 0.3 is 0 Å². The van der Waals surface area contributed by atoms with Crippen LogP contribution in [0.5, 0.6) is 5.75 Å². The van der Waals surface area contributed by atoms with Crippen molar-refractivity contribution in [3.63, 3.8) is 0 Å². The van der Waals surface area contributed by atoms with Crippen LogP contribution in [-0.2, 0) is 0 Å². The zero-order valence-electron chi connectivity index (χ0n) is 13.5. The largest absolute Gasteiger partial charge is 0.814 e. The molecule has 0 aliphatic carbocycles. The van der Waals surface area contributed by atoms with Gasteiger partial charge in [0.2, 0.25) is 7.71 Å². The Bertz CT molecular complexity index is 416. The molecule has 1 aromatic carbocycles. The van der Waals surface area contributed by atoms with E-state index in [1.54, 1.807) is 7.11 Å². The van der Waals surface area contributed by atoms with E-state index in [1.807, 2.05) is 66.6 Å². The van der Waals surface area contributed by atoms with Crippen LogP contribution in [0.25, 0.3) is 0 Å². The average Bonchev–Trinajstić information content (AvgIpc) is 2.38. The molecular weight excluding hydrogens is 273 g/mol. The molecule has 1 unspecified atom stereocenters. The number of benzene rings is 1. The second-order valence-corrected chi connectivity index (χ2v) is 9.38. The lowest BCUT2D eigenvalue weighted by Crippen LogP contribution is -2.43. The minimum Gasteiger partial charge on any atom is -0.814 e. The Kier molecular flexibility index (Phi) is 5.92. The second kappa shape index (κ2) is 6.83. The molecule has 0 fully saturated rings. The molecule has 0 bridgehead atoms. The molecule has 1 aromatic rings. The lowest BCUT2D eigenvalue weighted by molar-refractivity contribution is -0.398. The maximum Gasteiger partial charge on any atom is 0.217 e. The fourth-order valence-corrected chi connectivity index (χ4v) is 6.66. The van der Waals surface area contributed by atoms with E-state index in [-0.39, 0.29) is 0 Å². The van der Waals surface area contributed by atoms with E-state index < -0.39 is 13.6 Å². The quantitative estimate of drug-likeness (QED) is 0.745. The van der Waals surface area contributed by atoms with Gasteiger partial charge in [0.25, 0.3) is 0 Å². The van der Waals surface area contributed by atoms with E-state index in [4.69, 9.17) is 4.74 Å². The number of ether oxygens (including phenoxy) is 1. The van der Waals surface area contributed by atoms with E-state index in [2.05, 4.69) is 14.0 Å². The molecule has 0 amide bonds. The van der Waals surface area contributed by atoms with Gasteiger partial charge in [-0.25, -0.2) is 0 Å². The molecule has 0 heterocycles. The molecule has 0 aliphatic rings. The minimum atomic E-state index is -2.17. The normalized spacial score (nSPS) is 14.2. The van der Waals surface area contributed by atoms with Crippen molar-refractivity contribution in [2.75, 3.05) is 49.4 Å². The summed E-state index contributed by atoms with van der Waals surface area (Å²) in [5, 5.41) is 13.2. The van der Waals surface area contributed by atoms with Gasteiger partial charge in [-0.1, -0.05) is 12.1 Å². The third-order valence-electron chi connectivity index (χ3n) is 3.46. The van der Waals surface area contributed by atoms with E-state index in [0.29, 0.717) is 0 Å². The minimum absolute atomic E-state index is 0.720. The third-order valence-corrected chi connectivity index (χ3v) is 7.92. The van der Waals surface area contributed by atoms with Crippen LogP contribution < -0.4 is 9.84 Å². The standard InChI is InChI=1S/C14H26N3O2P/c1-15(2)20(16(3)4,17(5)6)14(18)12-9-8-10-13(11-12)19-7/h8-11,14H,1-7H3. The average molecular weight is 299 g/mol. The van der Waals surface area contributed by atoms with Crippen molar-refractivity contribution in [2.45, 2.75) is 5.85 Å². The first-order valence-corrected chi connectivity index (χ1v) is 8.22. The summed E-state index contributed by atoms with van der Waals surface area (Å²) in [7, 11) is 11.3. The van der Waals surface area contributed by atoms with E-state index in [0.717, 1.165) is 11.3 Å². The Morgan fingerprint density at radius 1 is 1.00 bits per heavy atom. The van der Waals surface area contributed by atoms with Crippen molar-refractivity contribution in [1.29, 1.82) is 0 Å². The van der Waals surface area contributed by atoms with Crippen LogP contribution in [0.4, 0.5) is 0 Å². The molecule has 0 saturated heterocycles. The highest BCUT2D eigenvalue weighted by Crippen LogP contribution is 2.71. The van der Waals surface area contributed by atoms with Crippen molar-refractivity contribution in [3.8, 4) is 5.75 Å². The summed E-state index contributed by atoms with van der Waals surface area (Å²) in [6.45, 7) is 0. The van der Waals surface area contributed by atoms with Gasteiger partial charge in [0, 0.05) is 42.3 Å². The van der Waals surface area contributed by atoms with Crippen molar-refractivity contribution < 1.29 is 9.84 Å². The molecule has 5 nitrogen and oxygen atoms in total. The maximum atomic E-state index is 13.2. The Hall–Kier alpha value is -0.710. The van der Waals surface area contributed by atoms with E-state index in [1.165, 1.54) is 0 Å². The van der Waals surface area contributed by atoms with Gasteiger partial charge in [-0.2, -0.15) is 14.0 Å². The molecule has 6 heteroatoms. The van der Waals surface area contributed by atoms with E-state index >= 15 is 0 Å². The first-order chi connectivity index (χ1) is 9.28. The summed E-state index contributed by atoms with van der Waals surface area (Å²) in [4.78, 5) is 0. The first kappa shape index (κ1) is 17.3. The topological polar surface area (TPSA) is 42.0 Å². The molecule has 0 N–H and O–H groups in total. The second-order valence-electron chi connectivity index (χ2n) is 5.29. The predicted octanol–water partition coefficient (Wildman–Crippen LogP) is 1.50. The van der Waals surface area contributed by atoms with Crippen LogP contribution in [0.15, 0.2) is 24.3 Å². The zero-order chi connectivity index (χ0) is 15.5. The Labute approximate surface area is 123 Å². The summed E-state index contributed by atoms with van der Waals surface area (Å²) in [6.07, 6.45) is 0. The van der Waals surface area contributed by atoms with Crippen molar-refractivity contribution >= 4 is 7.71 Å². The molecule has 20 heavy (non-hydrogen) atoms. The van der Waals surface area contributed by atoms with Crippen LogP contribution in [-0.4, -0.2) is 63.4 Å². The van der Waals surface area contributed by atoms with E-state index in [9.17, 15) is 5.11 Å². The van der Waals surface area contributed by atoms with Gasteiger partial charge < -0.3 is 9.84 Å². The van der Waals surface area contributed by atoms with Gasteiger partial charge in [0.1, 0.15) is 5.75 Å². The smallest absolute Gasteiger partial charge is 0.217 e. The molecule has 0 aliphatic heterocycles. The number of nitrogens with zero attached hydrogens (tertiary/aromatic N) is 3. The highest BCUT2D eigenvalue weighted by Gasteiger charge is 2.50. The third kappa shape index (κ3) is 2.97. The molecule has 0 spiro atoms. The number of hydrogen-bond acceptors (Lipinski definition) is 5. The van der Waals surface area contributed by atoms with Gasteiger partial charge in [-0.3, -0.25) is 0 Å². The molecule has 1 atom stereocenters. The lowest BCUT2D eigenvalue weighted by Gasteiger charge is -2.47. The Morgan fingerprint density at radius 3 is 1.90 bits per heavy atom. The summed E-state index contributed by atoms with van der Waals surface area (Å²) in [6, 6.07) is 7.44. The van der Waals surface area contributed by atoms with Crippen LogP contribution in [0.3, 0.4) is 0 Å². The first-order valence-electron chi connectivity index (χ1n) is 6.50.